The molecule has 0 heterocycles. The Morgan fingerprint density at radius 3 is 1.40 bits per heavy atom. The summed E-state index contributed by atoms with van der Waals surface area (Å²) in [5, 5.41) is 0. The van der Waals surface area contributed by atoms with E-state index in [1.807, 2.05) is 26.0 Å². The Morgan fingerprint density at radius 2 is 1.15 bits per heavy atom. The molecule has 0 aromatic heterocycles. The molecule has 0 radical (unpaired) electrons. The van der Waals surface area contributed by atoms with E-state index in [1.165, 1.54) is 25.7 Å². The second-order valence-electron chi connectivity index (χ2n) is 6.80. The molecule has 4 aliphatic rings. The molecule has 7 heteroatoms. The zero-order valence-corrected chi connectivity index (χ0v) is 13.4. The zero-order valence-electron chi connectivity index (χ0n) is 12.6. The molecule has 4 fully saturated rings. The van der Waals surface area contributed by atoms with Gasteiger partial charge in [0, 0.05) is 6.04 Å². The molecular weight excluding hydrogens is 280 g/mol. The smallest absolute Gasteiger partial charge is 0.327 e. The van der Waals surface area contributed by atoms with Gasteiger partial charge in [-0.3, -0.25) is 9.11 Å². The third-order valence-corrected chi connectivity index (χ3v) is 4.30. The molecule has 4 aliphatic carbocycles. The van der Waals surface area contributed by atoms with Crippen LogP contribution < -0.4 is 5.73 Å². The lowest BCUT2D eigenvalue weighted by molar-refractivity contribution is 0.000349. The molecule has 4 bridgehead atoms. The Morgan fingerprint density at radius 1 is 0.900 bits per heavy atom. The van der Waals surface area contributed by atoms with Gasteiger partial charge in [-0.1, -0.05) is 0 Å². The number of hydrogen-bond acceptors (Lipinski definition) is 4. The van der Waals surface area contributed by atoms with Crippen molar-refractivity contribution in [2.75, 3.05) is 21.1 Å². The number of nitrogens with zero attached hydrogens (tertiary/aromatic N) is 1. The minimum atomic E-state index is -4.67. The first-order valence-electron chi connectivity index (χ1n) is 7.12. The highest BCUT2D eigenvalue weighted by atomic mass is 32.3. The second-order valence-corrected chi connectivity index (χ2v) is 7.69. The molecule has 4 saturated carbocycles. The van der Waals surface area contributed by atoms with Gasteiger partial charge in [-0.25, -0.2) is 0 Å². The van der Waals surface area contributed by atoms with E-state index in [0.29, 0.717) is 6.04 Å². The summed E-state index contributed by atoms with van der Waals surface area (Å²) in [5.41, 5.74) is 6.17. The highest BCUT2D eigenvalue weighted by molar-refractivity contribution is 7.79. The van der Waals surface area contributed by atoms with Crippen LogP contribution in [0, 0.1) is 23.7 Å². The van der Waals surface area contributed by atoms with Gasteiger partial charge in [-0.2, -0.15) is 8.42 Å². The molecule has 4 rings (SSSR count). The summed E-state index contributed by atoms with van der Waals surface area (Å²) in [5.74, 6) is 4.01. The summed E-state index contributed by atoms with van der Waals surface area (Å²) < 4.78 is 31.6. The van der Waals surface area contributed by atoms with E-state index in [4.69, 9.17) is 23.3 Å². The molecule has 0 aromatic rings. The van der Waals surface area contributed by atoms with Crippen LogP contribution in [-0.4, -0.2) is 49.6 Å². The standard InChI is InChI=1S/C10H17N.C3H9N.H2O4S/c11-10-8-2-6-1-7(4-8)5-9(10)3-6;1-4(2)3;1-5(2,3)4/h6-10H,1-5,11H2;1-3H3;(H2,1,2,3,4). The molecule has 120 valence electrons. The highest BCUT2D eigenvalue weighted by Gasteiger charge is 2.46. The third kappa shape index (κ3) is 6.49. The van der Waals surface area contributed by atoms with Gasteiger partial charge < -0.3 is 10.6 Å². The normalized spacial score (nSPS) is 37.9. The molecular formula is C13H28N2O4S. The van der Waals surface area contributed by atoms with Crippen LogP contribution in [0.2, 0.25) is 0 Å². The van der Waals surface area contributed by atoms with Gasteiger partial charge in [0.05, 0.1) is 0 Å². The highest BCUT2D eigenvalue weighted by Crippen LogP contribution is 2.52. The van der Waals surface area contributed by atoms with Crippen molar-refractivity contribution in [1.82, 2.24) is 4.90 Å². The monoisotopic (exact) mass is 308 g/mol. The minimum Gasteiger partial charge on any atom is -0.327 e. The van der Waals surface area contributed by atoms with Gasteiger partial charge >= 0.3 is 10.4 Å². The maximum absolute atomic E-state index is 8.74. The Labute approximate surface area is 122 Å². The average molecular weight is 308 g/mol. The Bertz CT molecular complexity index is 358. The zero-order chi connectivity index (χ0) is 15.5. The number of nitrogens with two attached hydrogens (primary N) is 1. The van der Waals surface area contributed by atoms with E-state index < -0.39 is 10.4 Å². The van der Waals surface area contributed by atoms with Gasteiger partial charge in [-0.05, 0) is 76.9 Å². The summed E-state index contributed by atoms with van der Waals surface area (Å²) >= 11 is 0. The first-order chi connectivity index (χ1) is 9.06. The number of hydrogen-bond donors (Lipinski definition) is 3. The van der Waals surface area contributed by atoms with E-state index in [0.717, 1.165) is 23.7 Å². The summed E-state index contributed by atoms with van der Waals surface area (Å²) in [6.07, 6.45) is 7.41. The fraction of sp³-hybridized carbons (Fsp3) is 1.00. The maximum Gasteiger partial charge on any atom is 0.394 e. The average Bonchev–Trinajstić information content (AvgIpc) is 2.21. The minimum absolute atomic E-state index is 0.586. The van der Waals surface area contributed by atoms with E-state index >= 15 is 0 Å². The van der Waals surface area contributed by atoms with Crippen LogP contribution in [0.1, 0.15) is 32.1 Å². The van der Waals surface area contributed by atoms with Crippen LogP contribution >= 0.6 is 0 Å². The van der Waals surface area contributed by atoms with Gasteiger partial charge in [0.1, 0.15) is 0 Å². The van der Waals surface area contributed by atoms with E-state index in [1.54, 1.807) is 6.42 Å². The van der Waals surface area contributed by atoms with Crippen LogP contribution in [0.5, 0.6) is 0 Å². The van der Waals surface area contributed by atoms with Crippen LogP contribution in [-0.2, 0) is 10.4 Å². The van der Waals surface area contributed by atoms with Crippen LogP contribution in [0.15, 0.2) is 0 Å². The van der Waals surface area contributed by atoms with Gasteiger partial charge in [-0.15, -0.1) is 0 Å². The first kappa shape index (κ1) is 17.8. The van der Waals surface area contributed by atoms with E-state index in [2.05, 4.69) is 0 Å². The van der Waals surface area contributed by atoms with Crippen LogP contribution in [0.4, 0.5) is 0 Å². The van der Waals surface area contributed by atoms with Crippen molar-refractivity contribution >= 4 is 10.4 Å². The Balaban J connectivity index is 0.000000190. The van der Waals surface area contributed by atoms with Crippen molar-refractivity contribution < 1.29 is 17.5 Å². The van der Waals surface area contributed by atoms with Gasteiger partial charge in [0.15, 0.2) is 0 Å². The molecule has 0 unspecified atom stereocenters. The van der Waals surface area contributed by atoms with Gasteiger partial charge in [0.2, 0.25) is 0 Å². The molecule has 0 aromatic carbocycles. The lowest BCUT2D eigenvalue weighted by Crippen LogP contribution is -2.52. The van der Waals surface area contributed by atoms with Crippen LogP contribution in [0.25, 0.3) is 0 Å². The maximum atomic E-state index is 8.74. The predicted molar refractivity (Wildman–Crippen MR) is 78.8 cm³/mol. The van der Waals surface area contributed by atoms with Crippen molar-refractivity contribution in [3.63, 3.8) is 0 Å². The predicted octanol–water partition coefficient (Wildman–Crippen LogP) is 1.29. The van der Waals surface area contributed by atoms with Crippen molar-refractivity contribution in [3.05, 3.63) is 0 Å². The first-order valence-corrected chi connectivity index (χ1v) is 8.52. The molecule has 0 amide bonds. The van der Waals surface area contributed by atoms with Crippen molar-refractivity contribution in [3.8, 4) is 0 Å². The topological polar surface area (TPSA) is 104 Å². The number of rotatable bonds is 0. The molecule has 0 saturated heterocycles. The van der Waals surface area contributed by atoms with E-state index in [9.17, 15) is 0 Å². The Hall–Kier alpha value is -0.210. The van der Waals surface area contributed by atoms with Crippen LogP contribution in [0.3, 0.4) is 0 Å². The summed E-state index contributed by atoms with van der Waals surface area (Å²) in [6.45, 7) is 0. The second kappa shape index (κ2) is 7.17. The fourth-order valence-electron chi connectivity index (χ4n) is 3.97. The lowest BCUT2D eigenvalue weighted by atomic mass is 9.54. The van der Waals surface area contributed by atoms with E-state index in [-0.39, 0.29) is 0 Å². The van der Waals surface area contributed by atoms with Crippen molar-refractivity contribution in [2.24, 2.45) is 29.4 Å². The lowest BCUT2D eigenvalue weighted by Gasteiger charge is -2.53. The van der Waals surface area contributed by atoms with Crippen molar-refractivity contribution in [2.45, 2.75) is 38.1 Å². The fourth-order valence-corrected chi connectivity index (χ4v) is 3.97. The molecule has 0 spiro atoms. The SMILES string of the molecule is CN(C)C.NC1C2CC3CC(C2)CC1C3.O=S(=O)(O)O. The molecule has 0 atom stereocenters. The largest absolute Gasteiger partial charge is 0.394 e. The molecule has 4 N–H and O–H groups in total. The summed E-state index contributed by atoms with van der Waals surface area (Å²) in [4.78, 5) is 2.00. The molecule has 6 nitrogen and oxygen atoms in total. The summed E-state index contributed by atoms with van der Waals surface area (Å²) in [7, 11) is 1.33. The molecule has 0 aliphatic heterocycles. The quantitative estimate of drug-likeness (QED) is 0.583. The van der Waals surface area contributed by atoms with Gasteiger partial charge in [0.25, 0.3) is 0 Å². The molecule has 20 heavy (non-hydrogen) atoms. The Kier molecular flexibility index (Phi) is 6.40. The summed E-state index contributed by atoms with van der Waals surface area (Å²) in [6, 6.07) is 0.586. The third-order valence-electron chi connectivity index (χ3n) is 4.30. The van der Waals surface area contributed by atoms with Crippen molar-refractivity contribution in [1.29, 1.82) is 0 Å².